The fourth-order valence-corrected chi connectivity index (χ4v) is 3.37. The number of likely N-dealkylation sites (tertiary alicyclic amines) is 1. The van der Waals surface area contributed by atoms with Crippen molar-refractivity contribution in [2.75, 3.05) is 13.1 Å². The van der Waals surface area contributed by atoms with Crippen molar-refractivity contribution in [2.24, 2.45) is 5.92 Å². The van der Waals surface area contributed by atoms with Crippen LogP contribution in [0.4, 0.5) is 0 Å². The lowest BCUT2D eigenvalue weighted by Crippen LogP contribution is -2.42. The minimum atomic E-state index is -0.146. The van der Waals surface area contributed by atoms with E-state index in [0.29, 0.717) is 25.2 Å². The lowest BCUT2D eigenvalue weighted by Gasteiger charge is -2.32. The third-order valence-corrected chi connectivity index (χ3v) is 4.75. The Kier molecular flexibility index (Phi) is 5.58. The van der Waals surface area contributed by atoms with Crippen LogP contribution in [0.1, 0.15) is 42.5 Å². The number of imidazole rings is 1. The fourth-order valence-electron chi connectivity index (χ4n) is 3.37. The summed E-state index contributed by atoms with van der Waals surface area (Å²) < 4.78 is 2.03. The van der Waals surface area contributed by atoms with E-state index in [1.165, 1.54) is 0 Å². The van der Waals surface area contributed by atoms with Crippen molar-refractivity contribution >= 4 is 11.7 Å². The average molecular weight is 340 g/mol. The van der Waals surface area contributed by atoms with Crippen LogP contribution in [0.15, 0.2) is 36.8 Å². The van der Waals surface area contributed by atoms with E-state index >= 15 is 0 Å². The van der Waals surface area contributed by atoms with Gasteiger partial charge in [0.15, 0.2) is 5.78 Å². The highest BCUT2D eigenvalue weighted by Crippen LogP contribution is 2.21. The summed E-state index contributed by atoms with van der Waals surface area (Å²) in [6, 6.07) is 5.37. The molecule has 1 fully saturated rings. The second-order valence-electron chi connectivity index (χ2n) is 6.40. The number of Topliss-reactive ketones (excluding diaryl/α,β-unsaturated/α-hetero) is 1. The molecule has 0 radical (unpaired) electrons. The molecular formula is C19H24N4O2. The van der Waals surface area contributed by atoms with E-state index in [2.05, 4.69) is 16.9 Å². The van der Waals surface area contributed by atoms with Crippen LogP contribution in [0.5, 0.6) is 0 Å². The smallest absolute Gasteiger partial charge is 0.224 e. The maximum atomic E-state index is 12.6. The lowest BCUT2D eigenvalue weighted by molar-refractivity contribution is -0.132. The van der Waals surface area contributed by atoms with Crippen molar-refractivity contribution in [3.63, 3.8) is 0 Å². The molecule has 1 aliphatic heterocycles. The molecule has 3 heterocycles. The number of rotatable bonds is 6. The highest BCUT2D eigenvalue weighted by molar-refractivity contribution is 5.96. The van der Waals surface area contributed by atoms with Crippen LogP contribution >= 0.6 is 0 Å². The normalized spacial score (nSPS) is 17.5. The number of aromatic nitrogens is 3. The molecule has 25 heavy (non-hydrogen) atoms. The number of piperidine rings is 1. The minimum Gasteiger partial charge on any atom is -0.342 e. The zero-order valence-electron chi connectivity index (χ0n) is 14.6. The van der Waals surface area contributed by atoms with Crippen LogP contribution in [0.3, 0.4) is 0 Å². The number of ketones is 1. The van der Waals surface area contributed by atoms with Crippen LogP contribution < -0.4 is 0 Å². The Morgan fingerprint density at radius 3 is 2.88 bits per heavy atom. The van der Waals surface area contributed by atoms with Gasteiger partial charge in [0.05, 0.1) is 0 Å². The number of carbonyl (C=O) groups excluding carboxylic acids is 2. The van der Waals surface area contributed by atoms with Crippen molar-refractivity contribution in [3.05, 3.63) is 48.3 Å². The molecule has 2 aromatic rings. The predicted molar refractivity (Wildman–Crippen MR) is 94.1 cm³/mol. The van der Waals surface area contributed by atoms with Gasteiger partial charge in [-0.25, -0.2) is 4.98 Å². The van der Waals surface area contributed by atoms with Gasteiger partial charge in [0.1, 0.15) is 11.5 Å². The van der Waals surface area contributed by atoms with Crippen molar-refractivity contribution in [1.29, 1.82) is 0 Å². The minimum absolute atomic E-state index is 0.0426. The Bertz CT molecular complexity index is 726. The first kappa shape index (κ1) is 17.3. The molecule has 1 amide bonds. The quantitative estimate of drug-likeness (QED) is 0.757. The summed E-state index contributed by atoms with van der Waals surface area (Å²) in [6.45, 7) is 3.92. The molecular weight excluding hydrogens is 316 g/mol. The van der Waals surface area contributed by atoms with Crippen molar-refractivity contribution in [3.8, 4) is 0 Å². The van der Waals surface area contributed by atoms with E-state index in [1.54, 1.807) is 24.5 Å². The van der Waals surface area contributed by atoms with Crippen LogP contribution in [0.2, 0.25) is 0 Å². The molecule has 0 bridgehead atoms. The SMILES string of the molecule is CCc1nccn1CCC(=O)N1CCC[C@@H](C(=O)c2ccccn2)C1. The first-order chi connectivity index (χ1) is 12.2. The standard InChI is InChI=1S/C19H24N4O2/c1-2-17-21-10-13-22(17)12-8-18(24)23-11-5-6-15(14-23)19(25)16-7-3-4-9-20-16/h3-4,7,9-10,13,15H,2,5-6,8,11-12,14H2,1H3/t15-/m1/s1. The largest absolute Gasteiger partial charge is 0.342 e. The molecule has 0 spiro atoms. The van der Waals surface area contributed by atoms with Crippen molar-refractivity contribution in [1.82, 2.24) is 19.4 Å². The summed E-state index contributed by atoms with van der Waals surface area (Å²) in [4.78, 5) is 35.4. The first-order valence-electron chi connectivity index (χ1n) is 8.92. The molecule has 1 atom stereocenters. The molecule has 0 unspecified atom stereocenters. The fraction of sp³-hybridized carbons (Fsp3) is 0.474. The molecule has 2 aromatic heterocycles. The predicted octanol–water partition coefficient (Wildman–Crippen LogP) is 2.35. The third kappa shape index (κ3) is 4.13. The van der Waals surface area contributed by atoms with E-state index in [9.17, 15) is 9.59 Å². The second-order valence-corrected chi connectivity index (χ2v) is 6.40. The van der Waals surface area contributed by atoms with E-state index < -0.39 is 0 Å². The molecule has 1 aliphatic rings. The summed E-state index contributed by atoms with van der Waals surface area (Å²) in [5.41, 5.74) is 0.493. The van der Waals surface area contributed by atoms with Crippen molar-refractivity contribution in [2.45, 2.75) is 39.2 Å². The van der Waals surface area contributed by atoms with Crippen molar-refractivity contribution < 1.29 is 9.59 Å². The number of carbonyl (C=O) groups is 2. The van der Waals surface area contributed by atoms with Gasteiger partial charge >= 0.3 is 0 Å². The first-order valence-corrected chi connectivity index (χ1v) is 8.92. The maximum Gasteiger partial charge on any atom is 0.224 e. The van der Waals surface area contributed by atoms with Gasteiger partial charge in [-0.3, -0.25) is 14.6 Å². The van der Waals surface area contributed by atoms with E-state index in [4.69, 9.17) is 0 Å². The number of pyridine rings is 1. The Balaban J connectivity index is 1.57. The molecule has 0 aromatic carbocycles. The Morgan fingerprint density at radius 1 is 1.24 bits per heavy atom. The summed E-state index contributed by atoms with van der Waals surface area (Å²) in [5, 5.41) is 0. The van der Waals surface area contributed by atoms with Gasteiger partial charge in [0, 0.05) is 57.0 Å². The number of amides is 1. The second kappa shape index (κ2) is 8.05. The Hall–Kier alpha value is -2.50. The van der Waals surface area contributed by atoms with Gasteiger partial charge < -0.3 is 9.47 Å². The van der Waals surface area contributed by atoms with Crippen LogP contribution in [-0.4, -0.2) is 44.2 Å². The summed E-state index contributed by atoms with van der Waals surface area (Å²) >= 11 is 0. The number of hydrogen-bond acceptors (Lipinski definition) is 4. The molecule has 0 aliphatic carbocycles. The van der Waals surface area contributed by atoms with E-state index in [1.807, 2.05) is 21.7 Å². The third-order valence-electron chi connectivity index (χ3n) is 4.75. The molecule has 0 N–H and O–H groups in total. The molecule has 1 saturated heterocycles. The molecule has 0 saturated carbocycles. The van der Waals surface area contributed by atoms with E-state index in [0.717, 1.165) is 31.6 Å². The van der Waals surface area contributed by atoms with Gasteiger partial charge in [0.25, 0.3) is 0 Å². The number of hydrogen-bond donors (Lipinski definition) is 0. The van der Waals surface area contributed by atoms with Crippen LogP contribution in [0.25, 0.3) is 0 Å². The van der Waals surface area contributed by atoms with Gasteiger partial charge in [-0.15, -0.1) is 0 Å². The lowest BCUT2D eigenvalue weighted by atomic mass is 9.91. The molecule has 132 valence electrons. The van der Waals surface area contributed by atoms with Crippen LogP contribution in [-0.2, 0) is 17.8 Å². The van der Waals surface area contributed by atoms with Gasteiger partial charge in [-0.1, -0.05) is 13.0 Å². The Labute approximate surface area is 147 Å². The number of aryl methyl sites for hydroxylation is 2. The van der Waals surface area contributed by atoms with E-state index in [-0.39, 0.29) is 17.6 Å². The number of nitrogens with zero attached hydrogens (tertiary/aromatic N) is 4. The Morgan fingerprint density at radius 2 is 2.12 bits per heavy atom. The van der Waals surface area contributed by atoms with Gasteiger partial charge in [-0.05, 0) is 25.0 Å². The monoisotopic (exact) mass is 340 g/mol. The topological polar surface area (TPSA) is 68.1 Å². The molecule has 6 heteroatoms. The zero-order chi connectivity index (χ0) is 17.6. The van der Waals surface area contributed by atoms with Gasteiger partial charge in [0.2, 0.25) is 5.91 Å². The van der Waals surface area contributed by atoms with Gasteiger partial charge in [-0.2, -0.15) is 0 Å². The average Bonchev–Trinajstić information content (AvgIpc) is 3.14. The van der Waals surface area contributed by atoms with Crippen LogP contribution in [0, 0.1) is 5.92 Å². The summed E-state index contributed by atoms with van der Waals surface area (Å²) in [7, 11) is 0. The highest BCUT2D eigenvalue weighted by atomic mass is 16.2. The highest BCUT2D eigenvalue weighted by Gasteiger charge is 2.29. The molecule has 6 nitrogen and oxygen atoms in total. The maximum absolute atomic E-state index is 12.6. The molecule has 3 rings (SSSR count). The summed E-state index contributed by atoms with van der Waals surface area (Å²) in [5.74, 6) is 0.997. The zero-order valence-corrected chi connectivity index (χ0v) is 14.6. The summed E-state index contributed by atoms with van der Waals surface area (Å²) in [6.07, 6.45) is 8.29.